The lowest BCUT2D eigenvalue weighted by molar-refractivity contribution is 0.0100. The van der Waals surface area contributed by atoms with E-state index < -0.39 is 0 Å². The Morgan fingerprint density at radius 1 is 1.55 bits per heavy atom. The summed E-state index contributed by atoms with van der Waals surface area (Å²) in [5.74, 6) is 0. The van der Waals surface area contributed by atoms with Crippen LogP contribution in [0.4, 0.5) is 4.79 Å². The number of likely N-dealkylation sites (tertiary alicyclic amines) is 1. The number of nitrogens with one attached hydrogen (secondary N) is 1. The van der Waals surface area contributed by atoms with Gasteiger partial charge in [0.25, 0.3) is 0 Å². The number of hydrogen-bond donors (Lipinski definition) is 1. The van der Waals surface area contributed by atoms with Crippen LogP contribution >= 0.6 is 0 Å². The number of nitrogens with zero attached hydrogens (tertiary/aromatic N) is 3. The average molecular weight is 280 g/mol. The summed E-state index contributed by atoms with van der Waals surface area (Å²) in [4.78, 5) is 13.9. The molecular weight excluding hydrogens is 256 g/mol. The number of carbonyl (C=O) groups is 1. The molecule has 0 bridgehead atoms. The molecular formula is C14H24N4O2. The molecule has 1 saturated heterocycles. The Bertz CT molecular complexity index is 394. The Hall–Kier alpha value is -1.56. The summed E-state index contributed by atoms with van der Waals surface area (Å²) in [5.41, 5.74) is 0. The van der Waals surface area contributed by atoms with Crippen LogP contribution in [-0.2, 0) is 11.3 Å². The molecule has 1 N–H and O–H groups in total. The van der Waals surface area contributed by atoms with Gasteiger partial charge in [-0.2, -0.15) is 5.10 Å². The minimum absolute atomic E-state index is 0.00181. The van der Waals surface area contributed by atoms with Gasteiger partial charge in [0.2, 0.25) is 0 Å². The summed E-state index contributed by atoms with van der Waals surface area (Å²) in [6, 6.07) is 1.88. The van der Waals surface area contributed by atoms with E-state index in [0.29, 0.717) is 19.6 Å². The number of hydrogen-bond acceptors (Lipinski definition) is 3. The second kappa shape index (κ2) is 7.89. The van der Waals surface area contributed by atoms with E-state index in [1.807, 2.05) is 21.8 Å². The van der Waals surface area contributed by atoms with Crippen LogP contribution in [0, 0.1) is 0 Å². The van der Waals surface area contributed by atoms with Crippen LogP contribution in [0.2, 0.25) is 0 Å². The summed E-state index contributed by atoms with van der Waals surface area (Å²) in [5, 5.41) is 7.04. The molecule has 0 saturated carbocycles. The van der Waals surface area contributed by atoms with Crippen LogP contribution in [0.1, 0.15) is 26.2 Å². The van der Waals surface area contributed by atoms with Gasteiger partial charge >= 0.3 is 6.03 Å². The maximum Gasteiger partial charge on any atom is 0.317 e. The first kappa shape index (κ1) is 14.8. The Labute approximate surface area is 120 Å². The van der Waals surface area contributed by atoms with Crippen molar-refractivity contribution in [2.75, 3.05) is 26.2 Å². The first-order chi connectivity index (χ1) is 9.79. The second-order valence-electron chi connectivity index (χ2n) is 5.08. The van der Waals surface area contributed by atoms with E-state index in [1.165, 1.54) is 0 Å². The van der Waals surface area contributed by atoms with E-state index in [1.54, 1.807) is 6.20 Å². The number of ether oxygens (including phenoxy) is 1. The number of carbonyl (C=O) groups excluding carboxylic acids is 1. The van der Waals surface area contributed by atoms with Crippen molar-refractivity contribution in [3.8, 4) is 0 Å². The van der Waals surface area contributed by atoms with Crippen molar-refractivity contribution < 1.29 is 9.53 Å². The fraction of sp³-hybridized carbons (Fsp3) is 0.714. The maximum atomic E-state index is 12.1. The molecule has 2 heterocycles. The molecule has 6 nitrogen and oxygen atoms in total. The monoisotopic (exact) mass is 280 g/mol. The van der Waals surface area contributed by atoms with Crippen molar-refractivity contribution >= 4 is 6.03 Å². The molecule has 112 valence electrons. The number of aromatic nitrogens is 2. The molecule has 0 spiro atoms. The summed E-state index contributed by atoms with van der Waals surface area (Å²) in [6.07, 6.45) is 6.91. The van der Waals surface area contributed by atoms with Gasteiger partial charge in [-0.15, -0.1) is 0 Å². The molecule has 1 aliphatic rings. The van der Waals surface area contributed by atoms with E-state index in [-0.39, 0.29) is 12.1 Å². The summed E-state index contributed by atoms with van der Waals surface area (Å²) in [7, 11) is 0. The molecule has 0 radical (unpaired) electrons. The fourth-order valence-corrected chi connectivity index (χ4v) is 2.37. The Morgan fingerprint density at radius 2 is 2.45 bits per heavy atom. The molecule has 0 aliphatic carbocycles. The van der Waals surface area contributed by atoms with Gasteiger partial charge in [0.15, 0.2) is 0 Å². The van der Waals surface area contributed by atoms with Gasteiger partial charge < -0.3 is 15.0 Å². The van der Waals surface area contributed by atoms with E-state index in [9.17, 15) is 4.79 Å². The SMILES string of the molecule is CCCOC1CCCN(C(=O)NCCn2cccn2)C1. The minimum Gasteiger partial charge on any atom is -0.376 e. The smallest absolute Gasteiger partial charge is 0.317 e. The number of piperidine rings is 1. The van der Waals surface area contributed by atoms with Crippen LogP contribution in [0.3, 0.4) is 0 Å². The van der Waals surface area contributed by atoms with Crippen molar-refractivity contribution in [2.45, 2.75) is 38.8 Å². The summed E-state index contributed by atoms with van der Waals surface area (Å²) in [6.45, 7) is 5.69. The highest BCUT2D eigenvalue weighted by Crippen LogP contribution is 2.13. The van der Waals surface area contributed by atoms with Crippen molar-refractivity contribution in [3.05, 3.63) is 18.5 Å². The van der Waals surface area contributed by atoms with Gasteiger partial charge in [-0.3, -0.25) is 4.68 Å². The third-order valence-electron chi connectivity index (χ3n) is 3.40. The zero-order chi connectivity index (χ0) is 14.2. The average Bonchev–Trinajstić information content (AvgIpc) is 2.98. The molecule has 6 heteroatoms. The molecule has 20 heavy (non-hydrogen) atoms. The second-order valence-corrected chi connectivity index (χ2v) is 5.08. The Kier molecular flexibility index (Phi) is 5.86. The normalized spacial score (nSPS) is 19.1. The zero-order valence-corrected chi connectivity index (χ0v) is 12.1. The topological polar surface area (TPSA) is 59.4 Å². The van der Waals surface area contributed by atoms with Crippen molar-refractivity contribution in [1.29, 1.82) is 0 Å². The van der Waals surface area contributed by atoms with Crippen LogP contribution in [-0.4, -0.2) is 53.1 Å². The standard InChI is InChI=1S/C14H24N4O2/c1-2-11-20-13-5-3-8-17(12-13)14(19)15-7-10-18-9-4-6-16-18/h4,6,9,13H,2-3,5,7-8,10-12H2,1H3,(H,15,19). The largest absolute Gasteiger partial charge is 0.376 e. The van der Waals surface area contributed by atoms with Gasteiger partial charge in [0.1, 0.15) is 0 Å². The Balaban J connectivity index is 1.68. The van der Waals surface area contributed by atoms with Gasteiger partial charge in [-0.25, -0.2) is 4.79 Å². The highest BCUT2D eigenvalue weighted by Gasteiger charge is 2.23. The first-order valence-corrected chi connectivity index (χ1v) is 7.41. The predicted molar refractivity (Wildman–Crippen MR) is 76.5 cm³/mol. The third-order valence-corrected chi connectivity index (χ3v) is 3.40. The number of rotatable bonds is 6. The minimum atomic E-state index is 0.00181. The third kappa shape index (κ3) is 4.52. The van der Waals surface area contributed by atoms with Gasteiger partial charge in [-0.1, -0.05) is 6.92 Å². The predicted octanol–water partition coefficient (Wildman–Crippen LogP) is 1.48. The van der Waals surface area contributed by atoms with Crippen molar-refractivity contribution in [3.63, 3.8) is 0 Å². The molecule has 2 amide bonds. The highest BCUT2D eigenvalue weighted by molar-refractivity contribution is 5.74. The van der Waals surface area contributed by atoms with Crippen LogP contribution < -0.4 is 5.32 Å². The Morgan fingerprint density at radius 3 is 3.20 bits per heavy atom. The fourth-order valence-electron chi connectivity index (χ4n) is 2.37. The lowest BCUT2D eigenvalue weighted by Gasteiger charge is -2.32. The molecule has 1 aliphatic heterocycles. The lowest BCUT2D eigenvalue weighted by Crippen LogP contribution is -2.48. The molecule has 1 unspecified atom stereocenters. The van der Waals surface area contributed by atoms with Gasteiger partial charge in [-0.05, 0) is 25.3 Å². The summed E-state index contributed by atoms with van der Waals surface area (Å²) >= 11 is 0. The highest BCUT2D eigenvalue weighted by atomic mass is 16.5. The van der Waals surface area contributed by atoms with E-state index in [0.717, 1.165) is 32.4 Å². The van der Waals surface area contributed by atoms with Gasteiger partial charge in [0.05, 0.1) is 12.6 Å². The lowest BCUT2D eigenvalue weighted by atomic mass is 10.1. The zero-order valence-electron chi connectivity index (χ0n) is 12.1. The van der Waals surface area contributed by atoms with Crippen LogP contribution in [0.25, 0.3) is 0 Å². The number of urea groups is 1. The molecule has 1 aromatic heterocycles. The molecule has 2 rings (SSSR count). The van der Waals surface area contributed by atoms with E-state index >= 15 is 0 Å². The molecule has 1 atom stereocenters. The van der Waals surface area contributed by atoms with Crippen molar-refractivity contribution in [2.24, 2.45) is 0 Å². The molecule has 1 fully saturated rings. The van der Waals surface area contributed by atoms with E-state index in [4.69, 9.17) is 4.74 Å². The summed E-state index contributed by atoms with van der Waals surface area (Å²) < 4.78 is 7.55. The van der Waals surface area contributed by atoms with Crippen LogP contribution in [0.5, 0.6) is 0 Å². The van der Waals surface area contributed by atoms with Crippen LogP contribution in [0.15, 0.2) is 18.5 Å². The maximum absolute atomic E-state index is 12.1. The quantitative estimate of drug-likeness (QED) is 0.858. The van der Waals surface area contributed by atoms with E-state index in [2.05, 4.69) is 17.3 Å². The van der Waals surface area contributed by atoms with Crippen molar-refractivity contribution in [1.82, 2.24) is 20.0 Å². The molecule has 0 aromatic carbocycles. The first-order valence-electron chi connectivity index (χ1n) is 7.41. The molecule has 1 aromatic rings. The van der Waals surface area contributed by atoms with Gasteiger partial charge in [0, 0.05) is 38.6 Å². The number of amides is 2.